The summed E-state index contributed by atoms with van der Waals surface area (Å²) in [5.41, 5.74) is -0.145. The number of likely N-dealkylation sites (N-methyl/N-ethyl adjacent to an activating group) is 1. The Morgan fingerprint density at radius 1 is 1.35 bits per heavy atom. The molecule has 0 aromatic carbocycles. The van der Waals surface area contributed by atoms with Gasteiger partial charge in [0.2, 0.25) is 0 Å². The van der Waals surface area contributed by atoms with Crippen molar-refractivity contribution in [3.8, 4) is 0 Å². The molecule has 1 atom stereocenters. The van der Waals surface area contributed by atoms with E-state index < -0.39 is 0 Å². The zero-order valence-corrected chi connectivity index (χ0v) is 11.3. The summed E-state index contributed by atoms with van der Waals surface area (Å²) in [5, 5.41) is 13.2. The van der Waals surface area contributed by atoms with E-state index in [9.17, 15) is 5.11 Å². The lowest BCUT2D eigenvalue weighted by molar-refractivity contribution is 0.171. The quantitative estimate of drug-likeness (QED) is 0.421. The Hall–Kier alpha value is -0.650. The summed E-state index contributed by atoms with van der Waals surface area (Å²) >= 11 is 1.68. The van der Waals surface area contributed by atoms with Gasteiger partial charge in [-0.3, -0.25) is 0 Å². The Bertz CT molecular complexity index is 304. The maximum Gasteiger partial charge on any atom is 0.187 e. The third-order valence-electron chi connectivity index (χ3n) is 2.85. The van der Waals surface area contributed by atoms with Crippen LogP contribution in [0.25, 0.3) is 0 Å². The fraction of sp³-hybridized carbons (Fsp3) is 0.667. The summed E-state index contributed by atoms with van der Waals surface area (Å²) in [5.74, 6) is 1.02. The smallest absolute Gasteiger partial charge is 0.187 e. The Morgan fingerprint density at radius 3 is 2.65 bits per heavy atom. The number of hydrogen-bond donors (Lipinski definition) is 2. The molecular weight excluding hydrogens is 234 g/mol. The van der Waals surface area contributed by atoms with Crippen LogP contribution in [0, 0.1) is 0 Å². The number of aliphatic hydroxyl groups is 1. The van der Waals surface area contributed by atoms with E-state index in [4.69, 9.17) is 0 Å². The van der Waals surface area contributed by atoms with E-state index in [1.807, 2.05) is 20.0 Å². The van der Waals surface area contributed by atoms with Crippen molar-refractivity contribution in [2.45, 2.75) is 36.9 Å². The van der Waals surface area contributed by atoms with Crippen molar-refractivity contribution in [2.75, 3.05) is 19.4 Å². The molecule has 0 fully saturated rings. The molecule has 0 spiro atoms. The predicted molar refractivity (Wildman–Crippen MR) is 71.2 cm³/mol. The predicted octanol–water partition coefficient (Wildman–Crippen LogP) is 1.71. The third-order valence-corrected chi connectivity index (χ3v) is 3.81. The molecule has 1 unspecified atom stereocenters. The first-order chi connectivity index (χ1) is 8.20. The van der Waals surface area contributed by atoms with Crippen LogP contribution >= 0.6 is 11.8 Å². The number of rotatable bonds is 8. The summed E-state index contributed by atoms with van der Waals surface area (Å²) in [7, 11) is 1.89. The van der Waals surface area contributed by atoms with Crippen LogP contribution in [0.3, 0.4) is 0 Å². The van der Waals surface area contributed by atoms with Gasteiger partial charge in [0.1, 0.15) is 0 Å². The van der Waals surface area contributed by atoms with Crippen LogP contribution < -0.4 is 5.32 Å². The lowest BCUT2D eigenvalue weighted by Gasteiger charge is -2.26. The van der Waals surface area contributed by atoms with E-state index in [1.54, 1.807) is 24.2 Å². The average molecular weight is 255 g/mol. The molecule has 0 saturated carbocycles. The first kappa shape index (κ1) is 14.4. The minimum Gasteiger partial charge on any atom is -0.394 e. The monoisotopic (exact) mass is 255 g/mol. The van der Waals surface area contributed by atoms with E-state index in [0.29, 0.717) is 0 Å². The molecule has 0 saturated heterocycles. The summed E-state index contributed by atoms with van der Waals surface area (Å²) in [4.78, 5) is 8.31. The molecule has 2 N–H and O–H groups in total. The second-order valence-corrected chi connectivity index (χ2v) is 5.37. The Labute approximate surface area is 107 Å². The minimum atomic E-state index is -0.145. The van der Waals surface area contributed by atoms with Gasteiger partial charge in [0.05, 0.1) is 6.61 Å². The minimum absolute atomic E-state index is 0.145. The van der Waals surface area contributed by atoms with Crippen molar-refractivity contribution < 1.29 is 5.11 Å². The molecule has 1 aromatic rings. The maximum atomic E-state index is 9.23. The van der Waals surface area contributed by atoms with Crippen LogP contribution in [0.1, 0.15) is 26.2 Å². The molecular formula is C12H21N3OS. The van der Waals surface area contributed by atoms with Crippen LogP contribution in [-0.4, -0.2) is 40.0 Å². The van der Waals surface area contributed by atoms with E-state index in [2.05, 4.69) is 15.3 Å². The molecule has 0 aliphatic rings. The number of aliphatic hydroxyl groups excluding tert-OH is 1. The zero-order valence-electron chi connectivity index (χ0n) is 10.5. The SMILES string of the molecule is CNC(C)(CO)CCCCSc1ncccn1. The average Bonchev–Trinajstić information content (AvgIpc) is 2.39. The normalized spacial score (nSPS) is 14.5. The van der Waals surface area contributed by atoms with Crippen LogP contribution in [0.5, 0.6) is 0 Å². The molecule has 1 heterocycles. The summed E-state index contributed by atoms with van der Waals surface area (Å²) < 4.78 is 0. The highest BCUT2D eigenvalue weighted by atomic mass is 32.2. The van der Waals surface area contributed by atoms with Gasteiger partial charge in [-0.1, -0.05) is 18.2 Å². The van der Waals surface area contributed by atoms with Crippen molar-refractivity contribution in [1.29, 1.82) is 0 Å². The van der Waals surface area contributed by atoms with E-state index >= 15 is 0 Å². The molecule has 0 amide bonds. The number of nitrogens with one attached hydrogen (secondary N) is 1. The summed E-state index contributed by atoms with van der Waals surface area (Å²) in [6, 6.07) is 1.82. The molecule has 5 heteroatoms. The second-order valence-electron chi connectivity index (χ2n) is 4.31. The van der Waals surface area contributed by atoms with Crippen LogP contribution in [0.2, 0.25) is 0 Å². The molecule has 1 aromatic heterocycles. The van der Waals surface area contributed by atoms with Crippen molar-refractivity contribution in [3.05, 3.63) is 18.5 Å². The van der Waals surface area contributed by atoms with Gasteiger partial charge in [-0.2, -0.15) is 0 Å². The van der Waals surface area contributed by atoms with E-state index in [1.165, 1.54) is 0 Å². The standard InChI is InChI=1S/C12H21N3OS/c1-12(10-16,13-2)6-3-4-9-17-11-14-7-5-8-15-11/h5,7-8,13,16H,3-4,6,9-10H2,1-2H3. The topological polar surface area (TPSA) is 58.0 Å². The molecule has 0 aliphatic carbocycles. The summed E-state index contributed by atoms with van der Waals surface area (Å²) in [6.45, 7) is 2.22. The lowest BCUT2D eigenvalue weighted by atomic mass is 9.96. The number of nitrogens with zero attached hydrogens (tertiary/aromatic N) is 2. The highest BCUT2D eigenvalue weighted by Gasteiger charge is 2.19. The number of unbranched alkanes of at least 4 members (excludes halogenated alkanes) is 1. The lowest BCUT2D eigenvalue weighted by Crippen LogP contribution is -2.43. The molecule has 17 heavy (non-hydrogen) atoms. The van der Waals surface area contributed by atoms with Gasteiger partial charge in [0, 0.05) is 23.7 Å². The van der Waals surface area contributed by atoms with Gasteiger partial charge in [-0.15, -0.1) is 0 Å². The number of aromatic nitrogens is 2. The Morgan fingerprint density at radius 2 is 2.06 bits per heavy atom. The fourth-order valence-corrected chi connectivity index (χ4v) is 2.23. The van der Waals surface area contributed by atoms with E-state index in [-0.39, 0.29) is 12.1 Å². The third kappa shape index (κ3) is 5.48. The van der Waals surface area contributed by atoms with Crippen LogP contribution in [-0.2, 0) is 0 Å². The zero-order chi connectivity index (χ0) is 12.6. The molecule has 4 nitrogen and oxygen atoms in total. The number of hydrogen-bond acceptors (Lipinski definition) is 5. The van der Waals surface area contributed by atoms with Crippen LogP contribution in [0.15, 0.2) is 23.6 Å². The summed E-state index contributed by atoms with van der Waals surface area (Å²) in [6.07, 6.45) is 6.71. The van der Waals surface area contributed by atoms with Gasteiger partial charge >= 0.3 is 0 Å². The number of thioether (sulfide) groups is 1. The van der Waals surface area contributed by atoms with Crippen molar-refractivity contribution >= 4 is 11.8 Å². The highest BCUT2D eigenvalue weighted by Crippen LogP contribution is 2.17. The largest absolute Gasteiger partial charge is 0.394 e. The van der Waals surface area contributed by atoms with Crippen molar-refractivity contribution in [1.82, 2.24) is 15.3 Å². The van der Waals surface area contributed by atoms with E-state index in [0.717, 1.165) is 30.2 Å². The maximum absolute atomic E-state index is 9.23. The van der Waals surface area contributed by atoms with Crippen molar-refractivity contribution in [2.24, 2.45) is 0 Å². The molecule has 1 rings (SSSR count). The van der Waals surface area contributed by atoms with Gasteiger partial charge in [-0.05, 0) is 32.9 Å². The Balaban J connectivity index is 2.13. The molecule has 96 valence electrons. The van der Waals surface area contributed by atoms with Gasteiger partial charge < -0.3 is 10.4 Å². The molecule has 0 bridgehead atoms. The molecule has 0 aliphatic heterocycles. The van der Waals surface area contributed by atoms with Crippen LogP contribution in [0.4, 0.5) is 0 Å². The van der Waals surface area contributed by atoms with Gasteiger partial charge in [0.15, 0.2) is 5.16 Å². The van der Waals surface area contributed by atoms with Gasteiger partial charge in [-0.25, -0.2) is 9.97 Å². The first-order valence-electron chi connectivity index (χ1n) is 5.90. The highest BCUT2D eigenvalue weighted by molar-refractivity contribution is 7.99. The van der Waals surface area contributed by atoms with Crippen molar-refractivity contribution in [3.63, 3.8) is 0 Å². The fourth-order valence-electron chi connectivity index (χ4n) is 1.42. The first-order valence-corrected chi connectivity index (χ1v) is 6.88. The Kier molecular flexibility index (Phi) is 6.47. The van der Waals surface area contributed by atoms with Gasteiger partial charge in [0.25, 0.3) is 0 Å². The molecule has 0 radical (unpaired) electrons. The second kappa shape index (κ2) is 7.63.